The van der Waals surface area contributed by atoms with Crippen LogP contribution in [0.1, 0.15) is 19.8 Å². The third kappa shape index (κ3) is 4.96. The highest BCUT2D eigenvalue weighted by Crippen LogP contribution is 1.96. The second-order valence-corrected chi connectivity index (χ2v) is 6.78. The third-order valence-electron chi connectivity index (χ3n) is 1.59. The van der Waals surface area contributed by atoms with Gasteiger partial charge in [0.05, 0.1) is 0 Å². The average molecular weight is 161 g/mol. The smallest absolute Gasteiger partial charge is 0.262 e. The molecule has 3 heteroatoms. The SMILES string of the molecule is CCCCN[Si](C)(C)OC. The van der Waals surface area contributed by atoms with Crippen molar-refractivity contribution >= 4 is 8.48 Å². The molecule has 0 saturated heterocycles. The number of hydrogen-bond donors (Lipinski definition) is 1. The molecule has 0 saturated carbocycles. The predicted octanol–water partition coefficient (Wildman–Crippen LogP) is 1.72. The lowest BCUT2D eigenvalue weighted by molar-refractivity contribution is 0.389. The van der Waals surface area contributed by atoms with E-state index in [4.69, 9.17) is 4.43 Å². The van der Waals surface area contributed by atoms with Crippen LogP contribution >= 0.6 is 0 Å². The Bertz CT molecular complexity index is 85.7. The van der Waals surface area contributed by atoms with Crippen molar-refractivity contribution in [3.05, 3.63) is 0 Å². The summed E-state index contributed by atoms with van der Waals surface area (Å²) in [6.07, 6.45) is 2.50. The van der Waals surface area contributed by atoms with Crippen LogP contribution in [0.5, 0.6) is 0 Å². The molecule has 0 bridgehead atoms. The summed E-state index contributed by atoms with van der Waals surface area (Å²) in [6, 6.07) is 0. The van der Waals surface area contributed by atoms with Gasteiger partial charge in [-0.3, -0.25) is 0 Å². The minimum Gasteiger partial charge on any atom is -0.407 e. The highest BCUT2D eigenvalue weighted by molar-refractivity contribution is 6.68. The molecule has 0 aliphatic heterocycles. The van der Waals surface area contributed by atoms with Crippen molar-refractivity contribution < 1.29 is 4.43 Å². The van der Waals surface area contributed by atoms with Gasteiger partial charge in [0, 0.05) is 7.11 Å². The van der Waals surface area contributed by atoms with Gasteiger partial charge in [-0.15, -0.1) is 0 Å². The lowest BCUT2D eigenvalue weighted by Crippen LogP contribution is -2.47. The predicted molar refractivity (Wildman–Crippen MR) is 47.4 cm³/mol. The van der Waals surface area contributed by atoms with Crippen molar-refractivity contribution in [1.82, 2.24) is 4.98 Å². The van der Waals surface area contributed by atoms with E-state index in [-0.39, 0.29) is 0 Å². The Hall–Kier alpha value is 0.137. The van der Waals surface area contributed by atoms with Crippen LogP contribution in [0.2, 0.25) is 13.1 Å². The molecule has 0 amide bonds. The van der Waals surface area contributed by atoms with Crippen LogP contribution in [-0.4, -0.2) is 22.1 Å². The Labute approximate surface area is 65.2 Å². The maximum Gasteiger partial charge on any atom is 0.262 e. The summed E-state index contributed by atoms with van der Waals surface area (Å²) in [7, 11) is 0.318. The zero-order valence-electron chi connectivity index (χ0n) is 7.53. The first kappa shape index (κ1) is 10.1. The largest absolute Gasteiger partial charge is 0.407 e. The quantitative estimate of drug-likeness (QED) is 0.490. The van der Waals surface area contributed by atoms with Crippen molar-refractivity contribution in [2.75, 3.05) is 13.7 Å². The number of rotatable bonds is 5. The van der Waals surface area contributed by atoms with Crippen LogP contribution < -0.4 is 4.98 Å². The minimum atomic E-state index is -1.46. The number of hydrogen-bond acceptors (Lipinski definition) is 2. The summed E-state index contributed by atoms with van der Waals surface area (Å²) in [6.45, 7) is 7.64. The Morgan fingerprint density at radius 3 is 2.40 bits per heavy atom. The van der Waals surface area contributed by atoms with Crippen molar-refractivity contribution in [1.29, 1.82) is 0 Å². The second-order valence-electron chi connectivity index (χ2n) is 2.99. The van der Waals surface area contributed by atoms with E-state index in [2.05, 4.69) is 25.0 Å². The van der Waals surface area contributed by atoms with Crippen LogP contribution in [0.15, 0.2) is 0 Å². The molecule has 0 unspecified atom stereocenters. The van der Waals surface area contributed by atoms with Gasteiger partial charge in [-0.1, -0.05) is 13.3 Å². The monoisotopic (exact) mass is 161 g/mol. The topological polar surface area (TPSA) is 21.3 Å². The standard InChI is InChI=1S/C7H19NOSi/c1-5-6-7-8-10(3,4)9-2/h8H,5-7H2,1-4H3. The van der Waals surface area contributed by atoms with E-state index in [9.17, 15) is 0 Å². The molecular weight excluding hydrogens is 142 g/mol. The van der Waals surface area contributed by atoms with Gasteiger partial charge in [0.1, 0.15) is 0 Å². The van der Waals surface area contributed by atoms with Gasteiger partial charge < -0.3 is 9.41 Å². The third-order valence-corrected chi connectivity index (χ3v) is 3.71. The molecule has 0 atom stereocenters. The van der Waals surface area contributed by atoms with Gasteiger partial charge in [-0.2, -0.15) is 0 Å². The first-order valence-electron chi connectivity index (χ1n) is 3.92. The Kier molecular flexibility index (Phi) is 4.94. The Morgan fingerprint density at radius 2 is 2.00 bits per heavy atom. The zero-order valence-corrected chi connectivity index (χ0v) is 8.53. The summed E-state index contributed by atoms with van der Waals surface area (Å²) >= 11 is 0. The van der Waals surface area contributed by atoms with Crippen molar-refractivity contribution in [2.24, 2.45) is 0 Å². The van der Waals surface area contributed by atoms with E-state index >= 15 is 0 Å². The summed E-state index contributed by atoms with van der Waals surface area (Å²) in [5.41, 5.74) is 0. The molecule has 0 radical (unpaired) electrons. The molecule has 62 valence electrons. The van der Waals surface area contributed by atoms with Gasteiger partial charge >= 0.3 is 0 Å². The van der Waals surface area contributed by atoms with Crippen LogP contribution in [-0.2, 0) is 4.43 Å². The second kappa shape index (κ2) is 4.88. The Balaban J connectivity index is 3.28. The van der Waals surface area contributed by atoms with Crippen LogP contribution in [0.3, 0.4) is 0 Å². The molecule has 0 heterocycles. The van der Waals surface area contributed by atoms with E-state index in [0.29, 0.717) is 0 Å². The summed E-state index contributed by atoms with van der Waals surface area (Å²) < 4.78 is 5.31. The Morgan fingerprint density at radius 1 is 1.40 bits per heavy atom. The van der Waals surface area contributed by atoms with Crippen LogP contribution in [0, 0.1) is 0 Å². The first-order valence-corrected chi connectivity index (χ1v) is 6.83. The van der Waals surface area contributed by atoms with Gasteiger partial charge in [0.25, 0.3) is 8.48 Å². The van der Waals surface area contributed by atoms with Gasteiger partial charge in [0.15, 0.2) is 0 Å². The number of unbranched alkanes of at least 4 members (excludes halogenated alkanes) is 1. The normalized spacial score (nSPS) is 12.0. The lowest BCUT2D eigenvalue weighted by Gasteiger charge is -2.20. The van der Waals surface area contributed by atoms with Crippen molar-refractivity contribution in [2.45, 2.75) is 32.9 Å². The molecule has 0 spiro atoms. The van der Waals surface area contributed by atoms with Crippen LogP contribution in [0.25, 0.3) is 0 Å². The molecule has 0 aliphatic carbocycles. The van der Waals surface area contributed by atoms with E-state index < -0.39 is 8.48 Å². The maximum absolute atomic E-state index is 5.31. The van der Waals surface area contributed by atoms with E-state index in [0.717, 1.165) is 6.54 Å². The lowest BCUT2D eigenvalue weighted by atomic mass is 10.3. The summed E-state index contributed by atoms with van der Waals surface area (Å²) in [4.78, 5) is 3.43. The van der Waals surface area contributed by atoms with Crippen molar-refractivity contribution in [3.8, 4) is 0 Å². The average Bonchev–Trinajstić information content (AvgIpc) is 1.89. The molecule has 0 aromatic heterocycles. The highest BCUT2D eigenvalue weighted by atomic mass is 28.4. The molecule has 2 nitrogen and oxygen atoms in total. The van der Waals surface area contributed by atoms with E-state index in [1.165, 1.54) is 12.8 Å². The molecular formula is C7H19NOSi. The fourth-order valence-electron chi connectivity index (χ4n) is 0.638. The fraction of sp³-hybridized carbons (Fsp3) is 1.00. The van der Waals surface area contributed by atoms with E-state index in [1.54, 1.807) is 7.11 Å². The van der Waals surface area contributed by atoms with Crippen molar-refractivity contribution in [3.63, 3.8) is 0 Å². The van der Waals surface area contributed by atoms with Gasteiger partial charge in [-0.05, 0) is 26.1 Å². The maximum atomic E-state index is 5.31. The molecule has 0 aromatic carbocycles. The first-order chi connectivity index (χ1) is 4.62. The summed E-state index contributed by atoms with van der Waals surface area (Å²) in [5.74, 6) is 0. The molecule has 0 aromatic rings. The summed E-state index contributed by atoms with van der Waals surface area (Å²) in [5, 5.41) is 0. The van der Waals surface area contributed by atoms with Gasteiger partial charge in [-0.25, -0.2) is 0 Å². The molecule has 0 rings (SSSR count). The molecule has 10 heavy (non-hydrogen) atoms. The molecule has 1 N–H and O–H groups in total. The molecule has 0 fully saturated rings. The molecule has 0 aliphatic rings. The van der Waals surface area contributed by atoms with Crippen LogP contribution in [0.4, 0.5) is 0 Å². The highest BCUT2D eigenvalue weighted by Gasteiger charge is 2.18. The van der Waals surface area contributed by atoms with E-state index in [1.807, 2.05) is 0 Å². The fourth-order valence-corrected chi connectivity index (χ4v) is 1.56. The minimum absolute atomic E-state index is 1.10. The van der Waals surface area contributed by atoms with Gasteiger partial charge in [0.2, 0.25) is 0 Å². The number of nitrogens with one attached hydrogen (secondary N) is 1. The zero-order chi connectivity index (χ0) is 8.04.